The normalized spacial score (nSPS) is 10.4. The average Bonchev–Trinajstić information content (AvgIpc) is 2.67. The summed E-state index contributed by atoms with van der Waals surface area (Å²) in [5, 5.41) is 2.79. The van der Waals surface area contributed by atoms with E-state index in [4.69, 9.17) is 10.5 Å². The van der Waals surface area contributed by atoms with E-state index in [0.29, 0.717) is 25.3 Å². The van der Waals surface area contributed by atoms with Crippen molar-refractivity contribution in [1.29, 1.82) is 0 Å². The number of amides is 2. The number of nitrogens with two attached hydrogens (primary N) is 1. The fourth-order valence-corrected chi connectivity index (χ4v) is 2.55. The third-order valence-corrected chi connectivity index (χ3v) is 4.02. The maximum atomic E-state index is 12.0. The Morgan fingerprint density at radius 3 is 2.50 bits per heavy atom. The summed E-state index contributed by atoms with van der Waals surface area (Å²) in [6.07, 6.45) is 0. The van der Waals surface area contributed by atoms with Crippen LogP contribution in [0.5, 0.6) is 0 Å². The molecule has 2 aromatic rings. The molecule has 0 saturated heterocycles. The van der Waals surface area contributed by atoms with Gasteiger partial charge in [0.2, 0.25) is 5.91 Å². The Morgan fingerprint density at radius 1 is 1.12 bits per heavy atom. The lowest BCUT2D eigenvalue weighted by Crippen LogP contribution is -2.32. The van der Waals surface area contributed by atoms with Crippen molar-refractivity contribution in [1.82, 2.24) is 10.2 Å². The molecule has 0 unspecified atom stereocenters. The van der Waals surface area contributed by atoms with Gasteiger partial charge in [-0.15, -0.1) is 0 Å². The van der Waals surface area contributed by atoms with Crippen LogP contribution in [-0.2, 0) is 16.1 Å². The Labute approximate surface area is 153 Å². The second-order valence-electron chi connectivity index (χ2n) is 5.98. The van der Waals surface area contributed by atoms with Crippen LogP contribution in [-0.4, -0.2) is 50.6 Å². The minimum absolute atomic E-state index is 0.00407. The zero-order chi connectivity index (χ0) is 18.9. The summed E-state index contributed by atoms with van der Waals surface area (Å²) in [7, 11) is 3.33. The molecule has 0 aliphatic rings. The molecule has 0 saturated carbocycles. The monoisotopic (exact) mass is 355 g/mol. The topological polar surface area (TPSA) is 84.7 Å². The lowest BCUT2D eigenvalue weighted by molar-refractivity contribution is -0.128. The summed E-state index contributed by atoms with van der Waals surface area (Å²) in [6.45, 7) is 1.47. The molecule has 0 aliphatic carbocycles. The Bertz CT molecular complexity index is 744. The molecule has 2 aromatic carbocycles. The summed E-state index contributed by atoms with van der Waals surface area (Å²) in [5.74, 6) is -0.219. The van der Waals surface area contributed by atoms with Crippen molar-refractivity contribution < 1.29 is 14.3 Å². The number of hydrogen-bond donors (Lipinski definition) is 2. The average molecular weight is 355 g/mol. The minimum atomic E-state index is -0.121. The van der Waals surface area contributed by atoms with Gasteiger partial charge >= 0.3 is 0 Å². The van der Waals surface area contributed by atoms with Crippen molar-refractivity contribution in [3.8, 4) is 11.1 Å². The molecule has 3 N–H and O–H groups in total. The molecule has 0 aliphatic heterocycles. The quantitative estimate of drug-likeness (QED) is 0.705. The highest BCUT2D eigenvalue weighted by molar-refractivity contribution is 5.94. The lowest BCUT2D eigenvalue weighted by Gasteiger charge is -2.16. The zero-order valence-electron chi connectivity index (χ0n) is 15.2. The van der Waals surface area contributed by atoms with E-state index in [1.807, 2.05) is 36.4 Å². The molecule has 0 radical (unpaired) electrons. The van der Waals surface area contributed by atoms with Crippen molar-refractivity contribution in [2.45, 2.75) is 6.54 Å². The first kappa shape index (κ1) is 19.6. The smallest absolute Gasteiger partial charge is 0.251 e. The van der Waals surface area contributed by atoms with Crippen LogP contribution in [0.25, 0.3) is 11.1 Å². The standard InChI is InChI=1S/C20H25N3O3/c1-23(19(24)13-21)14-15-4-3-5-18(12-15)16-6-8-17(9-7-16)20(25)22-10-11-26-2/h3-9,12H,10-11,13-14,21H2,1-2H3,(H,22,25). The molecule has 26 heavy (non-hydrogen) atoms. The van der Waals surface area contributed by atoms with Gasteiger partial charge < -0.3 is 20.7 Å². The van der Waals surface area contributed by atoms with E-state index in [1.165, 1.54) is 0 Å². The van der Waals surface area contributed by atoms with Gasteiger partial charge in [0.15, 0.2) is 0 Å². The number of hydrogen-bond acceptors (Lipinski definition) is 4. The van der Waals surface area contributed by atoms with Crippen LogP contribution in [0.15, 0.2) is 48.5 Å². The Hall–Kier alpha value is -2.70. The van der Waals surface area contributed by atoms with Gasteiger partial charge in [-0.25, -0.2) is 0 Å². The largest absolute Gasteiger partial charge is 0.383 e. The number of nitrogens with one attached hydrogen (secondary N) is 1. The maximum Gasteiger partial charge on any atom is 0.251 e. The van der Waals surface area contributed by atoms with Gasteiger partial charge in [0, 0.05) is 32.8 Å². The van der Waals surface area contributed by atoms with E-state index in [2.05, 4.69) is 5.32 Å². The number of likely N-dealkylation sites (N-methyl/N-ethyl adjacent to an activating group) is 1. The van der Waals surface area contributed by atoms with E-state index < -0.39 is 0 Å². The third-order valence-electron chi connectivity index (χ3n) is 4.02. The molecule has 0 heterocycles. The number of methoxy groups -OCH3 is 1. The van der Waals surface area contributed by atoms with Crippen LogP contribution in [0.4, 0.5) is 0 Å². The molecule has 2 rings (SSSR count). The van der Waals surface area contributed by atoms with Crippen LogP contribution >= 0.6 is 0 Å². The SMILES string of the molecule is COCCNC(=O)c1ccc(-c2cccc(CN(C)C(=O)CN)c2)cc1. The summed E-state index contributed by atoms with van der Waals surface area (Å²) >= 11 is 0. The first-order chi connectivity index (χ1) is 12.5. The molecular formula is C20H25N3O3. The fraction of sp³-hybridized carbons (Fsp3) is 0.300. The van der Waals surface area contributed by atoms with E-state index in [9.17, 15) is 9.59 Å². The second-order valence-corrected chi connectivity index (χ2v) is 5.98. The molecule has 0 fully saturated rings. The molecule has 6 nitrogen and oxygen atoms in total. The van der Waals surface area contributed by atoms with Crippen LogP contribution < -0.4 is 11.1 Å². The number of carbonyl (C=O) groups excluding carboxylic acids is 2. The minimum Gasteiger partial charge on any atom is -0.383 e. The van der Waals surface area contributed by atoms with Crippen molar-refractivity contribution in [2.24, 2.45) is 5.73 Å². The Morgan fingerprint density at radius 2 is 1.85 bits per heavy atom. The van der Waals surface area contributed by atoms with Gasteiger partial charge in [0.25, 0.3) is 5.91 Å². The summed E-state index contributed by atoms with van der Waals surface area (Å²) < 4.78 is 4.92. The van der Waals surface area contributed by atoms with Crippen molar-refractivity contribution in [3.05, 3.63) is 59.7 Å². The summed E-state index contributed by atoms with van der Waals surface area (Å²) in [4.78, 5) is 25.2. The molecule has 0 spiro atoms. The van der Waals surface area contributed by atoms with Gasteiger partial charge in [-0.3, -0.25) is 9.59 Å². The zero-order valence-corrected chi connectivity index (χ0v) is 15.2. The molecule has 0 aromatic heterocycles. The van der Waals surface area contributed by atoms with Crippen LogP contribution in [0, 0.1) is 0 Å². The molecule has 0 bridgehead atoms. The van der Waals surface area contributed by atoms with E-state index in [1.54, 1.807) is 31.2 Å². The number of carbonyl (C=O) groups is 2. The molecule has 2 amide bonds. The number of nitrogens with zero attached hydrogens (tertiary/aromatic N) is 1. The van der Waals surface area contributed by atoms with Gasteiger partial charge in [0.1, 0.15) is 0 Å². The predicted octanol–water partition coefficient (Wildman–Crippen LogP) is 1.65. The highest BCUT2D eigenvalue weighted by atomic mass is 16.5. The van der Waals surface area contributed by atoms with Crippen molar-refractivity contribution >= 4 is 11.8 Å². The fourth-order valence-electron chi connectivity index (χ4n) is 2.55. The Balaban J connectivity index is 2.08. The second kappa shape index (κ2) is 9.70. The number of rotatable bonds is 8. The highest BCUT2D eigenvalue weighted by Gasteiger charge is 2.09. The van der Waals surface area contributed by atoms with Crippen molar-refractivity contribution in [3.63, 3.8) is 0 Å². The predicted molar refractivity (Wildman–Crippen MR) is 102 cm³/mol. The number of ether oxygens (including phenoxy) is 1. The molecule has 6 heteroatoms. The highest BCUT2D eigenvalue weighted by Crippen LogP contribution is 2.21. The lowest BCUT2D eigenvalue weighted by atomic mass is 10.0. The van der Waals surface area contributed by atoms with Gasteiger partial charge in [-0.05, 0) is 34.9 Å². The van der Waals surface area contributed by atoms with E-state index in [-0.39, 0.29) is 18.4 Å². The van der Waals surface area contributed by atoms with Crippen LogP contribution in [0.1, 0.15) is 15.9 Å². The first-order valence-corrected chi connectivity index (χ1v) is 8.45. The van der Waals surface area contributed by atoms with Gasteiger partial charge in [-0.1, -0.05) is 30.3 Å². The first-order valence-electron chi connectivity index (χ1n) is 8.45. The Kier molecular flexibility index (Phi) is 7.32. The summed E-state index contributed by atoms with van der Waals surface area (Å²) in [6, 6.07) is 15.4. The third kappa shape index (κ3) is 5.40. The maximum absolute atomic E-state index is 12.0. The number of benzene rings is 2. The van der Waals surface area contributed by atoms with Crippen LogP contribution in [0.2, 0.25) is 0 Å². The summed E-state index contributed by atoms with van der Waals surface area (Å²) in [5.41, 5.74) is 9.06. The van der Waals surface area contributed by atoms with E-state index in [0.717, 1.165) is 16.7 Å². The molecular weight excluding hydrogens is 330 g/mol. The molecule has 138 valence electrons. The molecule has 0 atom stereocenters. The van der Waals surface area contributed by atoms with Gasteiger partial charge in [0.05, 0.1) is 13.2 Å². The van der Waals surface area contributed by atoms with Crippen LogP contribution in [0.3, 0.4) is 0 Å². The van der Waals surface area contributed by atoms with E-state index >= 15 is 0 Å². The van der Waals surface area contributed by atoms with Crippen molar-refractivity contribution in [2.75, 3.05) is 33.9 Å². The van der Waals surface area contributed by atoms with Gasteiger partial charge in [-0.2, -0.15) is 0 Å².